The van der Waals surface area contributed by atoms with E-state index in [1.807, 2.05) is 31.2 Å². The van der Waals surface area contributed by atoms with Crippen molar-refractivity contribution >= 4 is 43.0 Å². The van der Waals surface area contributed by atoms with Gasteiger partial charge in [0.15, 0.2) is 0 Å². The Balaban J connectivity index is 1.53. The Morgan fingerprint density at radius 2 is 2.03 bits per heavy atom. The van der Waals surface area contributed by atoms with Crippen LogP contribution in [0.2, 0.25) is 0 Å². The van der Waals surface area contributed by atoms with Gasteiger partial charge in [-0.1, -0.05) is 35.9 Å². The van der Waals surface area contributed by atoms with Crippen molar-refractivity contribution in [1.29, 1.82) is 0 Å². The van der Waals surface area contributed by atoms with Crippen molar-refractivity contribution in [3.05, 3.63) is 72.1 Å². The van der Waals surface area contributed by atoms with E-state index < -0.39 is 15.9 Å². The first-order valence-corrected chi connectivity index (χ1v) is 12.8. The predicted octanol–water partition coefficient (Wildman–Crippen LogP) is 4.85. The van der Waals surface area contributed by atoms with Gasteiger partial charge in [-0.05, 0) is 30.7 Å². The van der Waals surface area contributed by atoms with Crippen molar-refractivity contribution in [2.75, 3.05) is 6.61 Å². The molecule has 0 amide bonds. The fourth-order valence-electron chi connectivity index (χ4n) is 3.87. The molecule has 1 aliphatic rings. The summed E-state index contributed by atoms with van der Waals surface area (Å²) in [4.78, 5) is 18.0. The van der Waals surface area contributed by atoms with Gasteiger partial charge in [-0.25, -0.2) is 4.57 Å². The number of aryl methyl sites for hydroxylation is 1. The molecule has 0 radical (unpaired) electrons. The molecule has 1 saturated heterocycles. The van der Waals surface area contributed by atoms with Crippen molar-refractivity contribution in [3.63, 3.8) is 0 Å². The first-order valence-electron chi connectivity index (χ1n) is 10.0. The standard InChI is InChI=1S/C22H20N2O6P2/c1-14-3-2-4-15(11-14)19-8-10-28-32(27,30-19)17-12-16-5-6-18-20(29-31(25)26)7-9-23-22(18)21(16)24-13-17/h2-7,9,11-13,19,31H,8,10H2,1H3,(H,25,26). The maximum Gasteiger partial charge on any atom is 0.365 e. The van der Waals surface area contributed by atoms with Gasteiger partial charge in [0.25, 0.3) is 0 Å². The van der Waals surface area contributed by atoms with E-state index in [1.54, 1.807) is 18.2 Å². The molecule has 32 heavy (non-hydrogen) atoms. The SMILES string of the molecule is Cc1cccc(C2CCOP(=O)(c3cnc4c(ccc5c(O[PH](=O)O)ccnc54)c3)O2)c1. The van der Waals surface area contributed by atoms with Crippen LogP contribution in [0.25, 0.3) is 21.8 Å². The summed E-state index contributed by atoms with van der Waals surface area (Å²) in [7, 11) is -6.73. The fourth-order valence-corrected chi connectivity index (χ4v) is 5.97. The third-order valence-electron chi connectivity index (χ3n) is 5.34. The molecule has 0 aliphatic carbocycles. The Hall–Kier alpha value is -2.60. The number of aromatic nitrogens is 2. The molecule has 2 aromatic heterocycles. The van der Waals surface area contributed by atoms with Crippen LogP contribution in [0.3, 0.4) is 0 Å². The molecule has 8 nitrogen and oxygen atoms in total. The van der Waals surface area contributed by atoms with Crippen LogP contribution < -0.4 is 9.83 Å². The minimum Gasteiger partial charge on any atom is -0.426 e. The number of pyridine rings is 2. The minimum absolute atomic E-state index is 0.252. The first-order chi connectivity index (χ1) is 15.4. The molecule has 0 bridgehead atoms. The van der Waals surface area contributed by atoms with Crippen LogP contribution >= 0.6 is 15.9 Å². The lowest BCUT2D eigenvalue weighted by Gasteiger charge is -2.30. The van der Waals surface area contributed by atoms with Crippen LogP contribution in [0, 0.1) is 6.92 Å². The molecule has 3 unspecified atom stereocenters. The van der Waals surface area contributed by atoms with E-state index in [-0.39, 0.29) is 11.9 Å². The van der Waals surface area contributed by atoms with Gasteiger partial charge in [0.05, 0.1) is 23.5 Å². The van der Waals surface area contributed by atoms with Crippen LogP contribution in [0.15, 0.2) is 60.9 Å². The highest BCUT2D eigenvalue weighted by atomic mass is 31.2. The van der Waals surface area contributed by atoms with Gasteiger partial charge in [0.2, 0.25) is 0 Å². The number of fused-ring (bicyclic) bond motifs is 3. The van der Waals surface area contributed by atoms with E-state index in [0.717, 1.165) is 11.1 Å². The zero-order valence-corrected chi connectivity index (χ0v) is 19.0. The Morgan fingerprint density at radius 1 is 1.16 bits per heavy atom. The Bertz CT molecular complexity index is 1410. The van der Waals surface area contributed by atoms with E-state index in [1.165, 1.54) is 18.5 Å². The number of hydrogen-bond acceptors (Lipinski definition) is 7. The van der Waals surface area contributed by atoms with Crippen LogP contribution in [0.1, 0.15) is 23.7 Å². The second kappa shape index (κ2) is 8.39. The third-order valence-corrected chi connectivity index (χ3v) is 7.67. The van der Waals surface area contributed by atoms with Crippen molar-refractivity contribution in [1.82, 2.24) is 9.97 Å². The Kier molecular flexibility index (Phi) is 5.58. The van der Waals surface area contributed by atoms with Crippen LogP contribution in [0.5, 0.6) is 5.75 Å². The quantitative estimate of drug-likeness (QED) is 0.333. The van der Waals surface area contributed by atoms with Gasteiger partial charge in [0, 0.05) is 29.6 Å². The lowest BCUT2D eigenvalue weighted by molar-refractivity contribution is 0.0875. The summed E-state index contributed by atoms with van der Waals surface area (Å²) in [6, 6.07) is 14.7. The summed E-state index contributed by atoms with van der Waals surface area (Å²) in [6.45, 7) is 2.32. The van der Waals surface area contributed by atoms with Gasteiger partial charge in [-0.2, -0.15) is 0 Å². The lowest BCUT2D eigenvalue weighted by Crippen LogP contribution is -2.20. The van der Waals surface area contributed by atoms with Gasteiger partial charge in [-0.15, -0.1) is 0 Å². The van der Waals surface area contributed by atoms with Crippen molar-refractivity contribution in [3.8, 4) is 5.75 Å². The minimum atomic E-state index is -3.57. The molecule has 4 aromatic rings. The molecule has 3 heterocycles. The average Bonchev–Trinajstić information content (AvgIpc) is 2.78. The number of nitrogens with zero attached hydrogens (tertiary/aromatic N) is 2. The molecule has 2 aromatic carbocycles. The molecule has 0 saturated carbocycles. The topological polar surface area (TPSA) is 108 Å². The predicted molar refractivity (Wildman–Crippen MR) is 122 cm³/mol. The molecule has 1 N–H and O–H groups in total. The molecule has 1 aliphatic heterocycles. The van der Waals surface area contributed by atoms with E-state index in [2.05, 4.69) is 9.97 Å². The number of benzene rings is 2. The Morgan fingerprint density at radius 3 is 2.84 bits per heavy atom. The maximum absolute atomic E-state index is 13.6. The van der Waals surface area contributed by atoms with Crippen molar-refractivity contribution in [2.24, 2.45) is 0 Å². The summed E-state index contributed by atoms with van der Waals surface area (Å²) < 4.78 is 41.4. The fraction of sp³-hybridized carbons (Fsp3) is 0.182. The normalized spacial score (nSPS) is 22.1. The van der Waals surface area contributed by atoms with Gasteiger partial charge < -0.3 is 13.9 Å². The van der Waals surface area contributed by atoms with Crippen LogP contribution in [0.4, 0.5) is 0 Å². The second-order valence-electron chi connectivity index (χ2n) is 7.53. The van der Waals surface area contributed by atoms with Gasteiger partial charge in [0.1, 0.15) is 11.3 Å². The van der Waals surface area contributed by atoms with Crippen molar-refractivity contribution in [2.45, 2.75) is 19.4 Å². The van der Waals surface area contributed by atoms with E-state index in [4.69, 9.17) is 18.5 Å². The summed E-state index contributed by atoms with van der Waals surface area (Å²) in [5.41, 5.74) is 3.13. The van der Waals surface area contributed by atoms with Gasteiger partial charge in [-0.3, -0.25) is 19.1 Å². The molecule has 10 heteroatoms. The zero-order chi connectivity index (χ0) is 22.3. The summed E-state index contributed by atoms with van der Waals surface area (Å²) in [6.07, 6.45) is 3.24. The molecule has 5 rings (SSSR count). The van der Waals surface area contributed by atoms with Gasteiger partial charge >= 0.3 is 15.9 Å². The largest absolute Gasteiger partial charge is 0.426 e. The first kappa shape index (κ1) is 21.3. The number of rotatable bonds is 4. The monoisotopic (exact) mass is 470 g/mol. The number of hydrogen-bond donors (Lipinski definition) is 1. The third kappa shape index (κ3) is 3.96. The highest BCUT2D eigenvalue weighted by Gasteiger charge is 2.36. The Labute approximate surface area is 184 Å². The van der Waals surface area contributed by atoms with Crippen LogP contribution in [-0.2, 0) is 18.2 Å². The summed E-state index contributed by atoms with van der Waals surface area (Å²) in [5.74, 6) is 0.252. The molecule has 164 valence electrons. The zero-order valence-electron chi connectivity index (χ0n) is 17.1. The molecular formula is C22H20N2O6P2. The lowest BCUT2D eigenvalue weighted by atomic mass is 10.0. The van der Waals surface area contributed by atoms with E-state index >= 15 is 0 Å². The molecular weight excluding hydrogens is 450 g/mol. The average molecular weight is 470 g/mol. The second-order valence-corrected chi connectivity index (χ2v) is 10.2. The molecule has 1 fully saturated rings. The van der Waals surface area contributed by atoms with Crippen molar-refractivity contribution < 1.29 is 27.6 Å². The molecule has 0 spiro atoms. The summed E-state index contributed by atoms with van der Waals surface area (Å²) >= 11 is 0. The van der Waals surface area contributed by atoms with Crippen LogP contribution in [-0.4, -0.2) is 21.5 Å². The van der Waals surface area contributed by atoms with E-state index in [9.17, 15) is 9.13 Å². The smallest absolute Gasteiger partial charge is 0.365 e. The highest BCUT2D eigenvalue weighted by Crippen LogP contribution is 2.55. The highest BCUT2D eigenvalue weighted by molar-refractivity contribution is 7.62. The maximum atomic E-state index is 13.6. The van der Waals surface area contributed by atoms with E-state index in [0.29, 0.717) is 40.1 Å². The summed E-state index contributed by atoms with van der Waals surface area (Å²) in [5, 5.41) is 1.62. The molecule has 3 atom stereocenters.